The molecule has 10 nitrogen and oxygen atoms in total. The van der Waals surface area contributed by atoms with Crippen molar-refractivity contribution < 1.29 is 71.5 Å². The number of fused-ring (bicyclic) bond motifs is 2. The number of ketones is 4. The van der Waals surface area contributed by atoms with Crippen molar-refractivity contribution in [2.75, 3.05) is 0 Å². The van der Waals surface area contributed by atoms with Crippen molar-refractivity contribution >= 4 is 34.7 Å². The van der Waals surface area contributed by atoms with Gasteiger partial charge in [-0.15, -0.1) is 0 Å². The Labute approximate surface area is 228 Å². The van der Waals surface area contributed by atoms with Gasteiger partial charge in [0.15, 0.2) is 0 Å². The molecule has 6 N–H and O–H groups in total. The number of phenolic OH excluding ortho intramolecular Hbond substituents is 2. The van der Waals surface area contributed by atoms with Gasteiger partial charge in [-0.2, -0.15) is 0 Å². The van der Waals surface area contributed by atoms with Crippen LogP contribution in [0.3, 0.4) is 0 Å². The van der Waals surface area contributed by atoms with Gasteiger partial charge in [-0.1, -0.05) is 12.1 Å². The molecule has 2 aromatic rings. The second kappa shape index (κ2) is 14.9. The zero-order valence-corrected chi connectivity index (χ0v) is 22.2. The number of carbonyl (C=O) groups is 4. The van der Waals surface area contributed by atoms with E-state index in [2.05, 4.69) is 0 Å². The van der Waals surface area contributed by atoms with Crippen molar-refractivity contribution in [3.63, 3.8) is 0 Å². The van der Waals surface area contributed by atoms with E-state index in [1.165, 1.54) is 36.4 Å². The summed E-state index contributed by atoms with van der Waals surface area (Å²) in [4.78, 5) is 44.6. The molecule has 2 aromatic carbocycles. The molecular weight excluding hydrogens is 520 g/mol. The molecule has 196 valence electrons. The van der Waals surface area contributed by atoms with E-state index in [0.29, 0.717) is 0 Å². The van der Waals surface area contributed by atoms with Crippen LogP contribution in [0.25, 0.3) is 11.5 Å². The van der Waals surface area contributed by atoms with Crippen LogP contribution in [0.2, 0.25) is 0 Å². The quantitative estimate of drug-likeness (QED) is 0.211. The third kappa shape index (κ3) is 9.43. The summed E-state index contributed by atoms with van der Waals surface area (Å²) in [5.74, 6) is -4.15. The van der Waals surface area contributed by atoms with E-state index in [4.69, 9.17) is 10.2 Å². The van der Waals surface area contributed by atoms with Gasteiger partial charge < -0.3 is 30.6 Å². The normalized spacial score (nSPS) is 13.3. The van der Waals surface area contributed by atoms with Crippen LogP contribution in [-0.2, 0) is 31.3 Å². The molecule has 0 heterocycles. The smallest absolute Gasteiger partial charge is 0.233 e. The summed E-state index contributed by atoms with van der Waals surface area (Å²) in [6.07, 6.45) is 1.29. The maximum atomic E-state index is 11.3. The number of hydrogen-bond donors (Lipinski definition) is 6. The number of aliphatic hydroxyl groups is 4. The van der Waals surface area contributed by atoms with Crippen molar-refractivity contribution in [1.82, 2.24) is 0 Å². The van der Waals surface area contributed by atoms with Crippen molar-refractivity contribution in [3.05, 3.63) is 70.8 Å². The Morgan fingerprint density at radius 3 is 1.11 bits per heavy atom. The molecule has 0 radical (unpaired) electrons. The van der Waals surface area contributed by atoms with Crippen LogP contribution in [0.4, 0.5) is 0 Å². The predicted octanol–water partition coefficient (Wildman–Crippen LogP) is 2.88. The summed E-state index contributed by atoms with van der Waals surface area (Å²) in [5, 5.41) is 53.6. The third-order valence-corrected chi connectivity index (χ3v) is 4.07. The Morgan fingerprint density at radius 1 is 0.568 bits per heavy atom. The van der Waals surface area contributed by atoms with E-state index in [9.17, 15) is 39.6 Å². The summed E-state index contributed by atoms with van der Waals surface area (Å²) < 4.78 is 0. The first-order valence-corrected chi connectivity index (χ1v) is 10.7. The summed E-state index contributed by atoms with van der Waals surface area (Å²) in [6, 6.07) is 8.34. The Kier molecular flexibility index (Phi) is 13.4. The van der Waals surface area contributed by atoms with Crippen molar-refractivity contribution in [1.29, 1.82) is 0 Å². The number of aliphatic hydroxyl groups excluding tert-OH is 4. The van der Waals surface area contributed by atoms with E-state index in [0.717, 1.165) is 12.2 Å². The number of hydrogen-bond acceptors (Lipinski definition) is 10. The van der Waals surface area contributed by atoms with Crippen molar-refractivity contribution in [2.24, 2.45) is 0 Å². The molecule has 4 rings (SSSR count). The molecule has 0 bridgehead atoms. The topological polar surface area (TPSA) is 190 Å². The molecule has 0 atom stereocenters. The summed E-state index contributed by atoms with van der Waals surface area (Å²) in [6.45, 7) is 6.89. The average Bonchev–Trinajstić information content (AvgIpc) is 2.75. The van der Waals surface area contributed by atoms with Crippen molar-refractivity contribution in [2.45, 2.75) is 39.9 Å². The first kappa shape index (κ1) is 33.4. The van der Waals surface area contributed by atoms with Crippen molar-refractivity contribution in [3.8, 4) is 11.5 Å². The van der Waals surface area contributed by atoms with E-state index < -0.39 is 23.1 Å². The van der Waals surface area contributed by atoms with E-state index in [1.807, 2.05) is 0 Å². The Hall–Kier alpha value is -3.57. The Morgan fingerprint density at radius 2 is 0.838 bits per heavy atom. The van der Waals surface area contributed by atoms with Crippen LogP contribution in [-0.4, -0.2) is 66.0 Å². The van der Waals surface area contributed by atoms with Gasteiger partial charge in [0, 0.05) is 57.2 Å². The zero-order valence-electron chi connectivity index (χ0n) is 20.6. The zero-order chi connectivity index (χ0) is 27.7. The fraction of sp³-hybridized carbons (Fsp3) is 0.231. The monoisotopic (exact) mass is 548 g/mol. The number of allylic oxidation sites excluding steroid dienone is 2. The number of aromatic hydroxyl groups is 2. The number of benzene rings is 2. The van der Waals surface area contributed by atoms with Crippen LogP contribution in [0.1, 0.15) is 59.5 Å². The fourth-order valence-electron chi connectivity index (χ4n) is 2.79. The van der Waals surface area contributed by atoms with Gasteiger partial charge in [-0.25, -0.2) is 0 Å². The van der Waals surface area contributed by atoms with Gasteiger partial charge in [0.05, 0.1) is 11.1 Å². The molecule has 37 heavy (non-hydrogen) atoms. The average molecular weight is 548 g/mol. The maximum absolute atomic E-state index is 11.3. The van der Waals surface area contributed by atoms with E-state index in [1.54, 1.807) is 27.7 Å². The molecular formula is C26H28O10Ti. The van der Waals surface area contributed by atoms with Gasteiger partial charge >= 0.3 is 0 Å². The molecule has 0 aromatic heterocycles. The summed E-state index contributed by atoms with van der Waals surface area (Å²) in [7, 11) is 0. The SMILES string of the molecule is CC(C)O.CC(C)O.O=C1C=C(O)c2c(O)cccc2C1=O.O=C1C=C(O)c2c(O)cccc2C1=O.[Ti]. The first-order valence-electron chi connectivity index (χ1n) is 10.7. The number of rotatable bonds is 0. The van der Waals surface area contributed by atoms with Gasteiger partial charge in [-0.05, 0) is 52.0 Å². The standard InChI is InChI=1S/2C10H6O4.2C3H8O.Ti/c2*11-6-3-1-2-5-9(6)7(12)4-8(13)10(5)14;2*1-3(2)4;/h2*1-4,11-12H;2*3-4H,1-2H3;. The summed E-state index contributed by atoms with van der Waals surface area (Å²) in [5.41, 5.74) is 0.124. The minimum atomic E-state index is -0.777. The molecule has 0 saturated heterocycles. The molecule has 0 fully saturated rings. The molecule has 0 amide bonds. The molecule has 0 aliphatic heterocycles. The second-order valence-corrected chi connectivity index (χ2v) is 8.03. The minimum Gasteiger partial charge on any atom is -0.507 e. The van der Waals surface area contributed by atoms with Crippen LogP contribution in [0.5, 0.6) is 11.5 Å². The number of Topliss-reactive ketones (excluding diaryl/α,β-unsaturated/α-hetero) is 2. The van der Waals surface area contributed by atoms with E-state index >= 15 is 0 Å². The van der Waals surface area contributed by atoms with Gasteiger partial charge in [0.25, 0.3) is 0 Å². The van der Waals surface area contributed by atoms with Crippen LogP contribution < -0.4 is 0 Å². The molecule has 2 aliphatic carbocycles. The van der Waals surface area contributed by atoms with E-state index in [-0.39, 0.29) is 79.2 Å². The molecule has 0 saturated carbocycles. The molecule has 11 heteroatoms. The Balaban J connectivity index is 0.000000535. The molecule has 0 spiro atoms. The first-order chi connectivity index (χ1) is 16.7. The maximum Gasteiger partial charge on any atom is 0.233 e. The number of phenols is 2. The summed E-state index contributed by atoms with van der Waals surface area (Å²) >= 11 is 0. The van der Waals surface area contributed by atoms with Crippen LogP contribution in [0.15, 0.2) is 48.6 Å². The Bertz CT molecular complexity index is 1120. The molecule has 0 unspecified atom stereocenters. The third-order valence-electron chi connectivity index (χ3n) is 4.07. The van der Waals surface area contributed by atoms with Crippen LogP contribution in [0, 0.1) is 0 Å². The number of carbonyl (C=O) groups excluding carboxylic acids is 4. The van der Waals surface area contributed by atoms with Gasteiger partial charge in [0.1, 0.15) is 23.0 Å². The molecule has 2 aliphatic rings. The van der Waals surface area contributed by atoms with Crippen LogP contribution >= 0.6 is 0 Å². The second-order valence-electron chi connectivity index (χ2n) is 8.03. The largest absolute Gasteiger partial charge is 0.507 e. The van der Waals surface area contributed by atoms with Gasteiger partial charge in [-0.3, -0.25) is 19.2 Å². The minimum absolute atomic E-state index is 0. The fourth-order valence-corrected chi connectivity index (χ4v) is 2.79. The van der Waals surface area contributed by atoms with Gasteiger partial charge in [0.2, 0.25) is 23.1 Å². The predicted molar refractivity (Wildman–Crippen MR) is 131 cm³/mol.